The summed E-state index contributed by atoms with van der Waals surface area (Å²) < 4.78 is 5.78. The second-order valence-corrected chi connectivity index (χ2v) is 7.50. The van der Waals surface area contributed by atoms with E-state index in [1.165, 1.54) is 31.3 Å². The molecule has 2 rings (SSSR count). The predicted octanol–water partition coefficient (Wildman–Crippen LogP) is 4.61. The molecule has 0 radical (unpaired) electrons. The topological polar surface area (TPSA) is 50.4 Å². The van der Waals surface area contributed by atoms with Gasteiger partial charge < -0.3 is 10.1 Å². The molecule has 1 aliphatic carbocycles. The number of allylic oxidation sites excluding steroid dienone is 1. The Hall–Kier alpha value is -1.88. The van der Waals surface area contributed by atoms with Crippen LogP contribution in [0.25, 0.3) is 0 Å². The monoisotopic (exact) mass is 374 g/mol. The first-order valence-electron chi connectivity index (χ1n) is 9.55. The molecule has 1 amide bonds. The highest BCUT2D eigenvalue weighted by atomic mass is 32.1. The third-order valence-electron chi connectivity index (χ3n) is 4.43. The van der Waals surface area contributed by atoms with E-state index in [4.69, 9.17) is 17.0 Å². The van der Waals surface area contributed by atoms with Crippen molar-refractivity contribution >= 4 is 23.2 Å². The van der Waals surface area contributed by atoms with Crippen molar-refractivity contribution in [2.45, 2.75) is 52.4 Å². The molecule has 1 aliphatic rings. The Kier molecular flexibility index (Phi) is 8.62. The van der Waals surface area contributed by atoms with E-state index in [-0.39, 0.29) is 5.91 Å². The number of rotatable bonds is 8. The van der Waals surface area contributed by atoms with Crippen molar-refractivity contribution in [3.63, 3.8) is 0 Å². The average Bonchev–Trinajstić information content (AvgIpc) is 2.62. The van der Waals surface area contributed by atoms with Gasteiger partial charge in [0.25, 0.3) is 5.91 Å². The maximum Gasteiger partial charge on any atom is 0.261 e. The van der Waals surface area contributed by atoms with Crippen LogP contribution in [-0.4, -0.2) is 24.2 Å². The van der Waals surface area contributed by atoms with Crippen molar-refractivity contribution in [3.8, 4) is 5.75 Å². The van der Waals surface area contributed by atoms with Crippen LogP contribution >= 0.6 is 12.2 Å². The smallest absolute Gasteiger partial charge is 0.261 e. The van der Waals surface area contributed by atoms with Gasteiger partial charge in [0.05, 0.1) is 12.2 Å². The molecule has 0 fully saturated rings. The molecule has 0 atom stereocenters. The third kappa shape index (κ3) is 7.16. The van der Waals surface area contributed by atoms with Crippen molar-refractivity contribution in [1.29, 1.82) is 0 Å². The van der Waals surface area contributed by atoms with Crippen molar-refractivity contribution in [2.24, 2.45) is 5.92 Å². The summed E-state index contributed by atoms with van der Waals surface area (Å²) >= 11 is 5.26. The molecule has 26 heavy (non-hydrogen) atoms. The minimum atomic E-state index is -0.237. The largest absolute Gasteiger partial charge is 0.493 e. The fraction of sp³-hybridized carbons (Fsp3) is 0.524. The van der Waals surface area contributed by atoms with Gasteiger partial charge in [-0.05, 0) is 68.8 Å². The van der Waals surface area contributed by atoms with Gasteiger partial charge in [-0.1, -0.05) is 37.6 Å². The van der Waals surface area contributed by atoms with Crippen molar-refractivity contribution < 1.29 is 9.53 Å². The number of carbonyl (C=O) groups excluding carboxylic acids is 1. The van der Waals surface area contributed by atoms with Gasteiger partial charge in [-0.3, -0.25) is 10.1 Å². The van der Waals surface area contributed by atoms with Gasteiger partial charge in [-0.2, -0.15) is 0 Å². The van der Waals surface area contributed by atoms with Crippen LogP contribution in [0.1, 0.15) is 62.7 Å². The number of para-hydroxylation sites is 1. The van der Waals surface area contributed by atoms with Gasteiger partial charge >= 0.3 is 0 Å². The quantitative estimate of drug-likeness (QED) is 0.515. The summed E-state index contributed by atoms with van der Waals surface area (Å²) in [6.45, 7) is 5.64. The molecule has 5 heteroatoms. The molecule has 0 spiro atoms. The molecule has 0 aliphatic heterocycles. The third-order valence-corrected chi connectivity index (χ3v) is 4.67. The summed E-state index contributed by atoms with van der Waals surface area (Å²) in [5, 5.41) is 6.25. The highest BCUT2D eigenvalue weighted by molar-refractivity contribution is 7.80. The van der Waals surface area contributed by atoms with Crippen molar-refractivity contribution in [1.82, 2.24) is 10.6 Å². The second kappa shape index (κ2) is 11.0. The van der Waals surface area contributed by atoms with E-state index in [1.807, 2.05) is 18.2 Å². The van der Waals surface area contributed by atoms with Crippen LogP contribution in [0.5, 0.6) is 5.75 Å². The van der Waals surface area contributed by atoms with E-state index in [0.29, 0.717) is 29.0 Å². The van der Waals surface area contributed by atoms with E-state index in [1.54, 1.807) is 6.07 Å². The number of thiocarbonyl (C=S) groups is 1. The molecule has 0 unspecified atom stereocenters. The molecule has 0 saturated carbocycles. The maximum atomic E-state index is 12.5. The summed E-state index contributed by atoms with van der Waals surface area (Å²) in [6, 6.07) is 7.28. The lowest BCUT2D eigenvalue weighted by molar-refractivity contribution is 0.0972. The number of hydrogen-bond donors (Lipinski definition) is 2. The predicted molar refractivity (Wildman–Crippen MR) is 111 cm³/mol. The second-order valence-electron chi connectivity index (χ2n) is 7.10. The van der Waals surface area contributed by atoms with Crippen LogP contribution in [0, 0.1) is 5.92 Å². The van der Waals surface area contributed by atoms with Gasteiger partial charge in [0.1, 0.15) is 5.75 Å². The Balaban J connectivity index is 1.80. The Labute approximate surface area is 162 Å². The minimum Gasteiger partial charge on any atom is -0.493 e. The standard InChI is InChI=1S/C21H30N2O2S/c1-16(2)13-15-25-19-11-7-6-10-18(19)20(24)23-21(26)22-14-12-17-8-4-3-5-9-17/h6-8,10-11,16H,3-5,9,12-15H2,1-2H3,(H2,22,23,24,26). The first-order chi connectivity index (χ1) is 12.6. The van der Waals surface area contributed by atoms with Gasteiger partial charge in [-0.15, -0.1) is 0 Å². The highest BCUT2D eigenvalue weighted by Gasteiger charge is 2.13. The van der Waals surface area contributed by atoms with Gasteiger partial charge in [-0.25, -0.2) is 0 Å². The van der Waals surface area contributed by atoms with Gasteiger partial charge in [0.2, 0.25) is 0 Å². The first-order valence-corrected chi connectivity index (χ1v) is 9.96. The van der Waals surface area contributed by atoms with E-state index >= 15 is 0 Å². The van der Waals surface area contributed by atoms with E-state index in [0.717, 1.165) is 19.4 Å². The fourth-order valence-corrected chi connectivity index (χ4v) is 3.06. The zero-order valence-corrected chi connectivity index (χ0v) is 16.7. The number of benzene rings is 1. The fourth-order valence-electron chi connectivity index (χ4n) is 2.87. The average molecular weight is 375 g/mol. The lowest BCUT2D eigenvalue weighted by Crippen LogP contribution is -2.39. The summed E-state index contributed by atoms with van der Waals surface area (Å²) in [7, 11) is 0. The lowest BCUT2D eigenvalue weighted by Gasteiger charge is -2.15. The SMILES string of the molecule is CC(C)CCOc1ccccc1C(=O)NC(=S)NCCC1=CCCCC1. The first kappa shape index (κ1) is 20.4. The van der Waals surface area contributed by atoms with Gasteiger partial charge in [0.15, 0.2) is 5.11 Å². The molecule has 0 aromatic heterocycles. The maximum absolute atomic E-state index is 12.5. The Morgan fingerprint density at radius 1 is 1.27 bits per heavy atom. The molecule has 0 saturated heterocycles. The Bertz CT molecular complexity index is 641. The number of amides is 1. The zero-order valence-electron chi connectivity index (χ0n) is 15.8. The summed E-state index contributed by atoms with van der Waals surface area (Å²) in [4.78, 5) is 12.5. The summed E-state index contributed by atoms with van der Waals surface area (Å²) in [6.07, 6.45) is 9.20. The number of hydrogen-bond acceptors (Lipinski definition) is 3. The van der Waals surface area contributed by atoms with E-state index in [2.05, 4.69) is 30.6 Å². The zero-order chi connectivity index (χ0) is 18.8. The summed E-state index contributed by atoms with van der Waals surface area (Å²) in [5.74, 6) is 0.924. The van der Waals surface area contributed by atoms with Crippen LogP contribution in [0.2, 0.25) is 0 Å². The van der Waals surface area contributed by atoms with Gasteiger partial charge in [0, 0.05) is 6.54 Å². The molecule has 142 valence electrons. The normalized spacial score (nSPS) is 13.9. The Morgan fingerprint density at radius 2 is 2.08 bits per heavy atom. The van der Waals surface area contributed by atoms with E-state index < -0.39 is 0 Å². The van der Waals surface area contributed by atoms with E-state index in [9.17, 15) is 4.79 Å². The lowest BCUT2D eigenvalue weighted by atomic mass is 9.97. The molecule has 4 nitrogen and oxygen atoms in total. The highest BCUT2D eigenvalue weighted by Crippen LogP contribution is 2.20. The molecule has 2 N–H and O–H groups in total. The van der Waals surface area contributed by atoms with Crippen molar-refractivity contribution in [2.75, 3.05) is 13.2 Å². The number of carbonyl (C=O) groups is 1. The molecule has 0 bridgehead atoms. The molecule has 0 heterocycles. The molecule has 1 aromatic carbocycles. The van der Waals surface area contributed by atoms with Crippen LogP contribution < -0.4 is 15.4 Å². The van der Waals surface area contributed by atoms with Crippen LogP contribution in [0.3, 0.4) is 0 Å². The summed E-state index contributed by atoms with van der Waals surface area (Å²) in [5.41, 5.74) is 2.00. The molecular weight excluding hydrogens is 344 g/mol. The van der Waals surface area contributed by atoms with Crippen LogP contribution in [0.4, 0.5) is 0 Å². The van der Waals surface area contributed by atoms with Crippen LogP contribution in [0.15, 0.2) is 35.9 Å². The van der Waals surface area contributed by atoms with Crippen molar-refractivity contribution in [3.05, 3.63) is 41.5 Å². The number of ether oxygens (including phenoxy) is 1. The number of nitrogens with one attached hydrogen (secondary N) is 2. The molecule has 1 aromatic rings. The Morgan fingerprint density at radius 3 is 2.81 bits per heavy atom. The van der Waals surface area contributed by atoms with Crippen LogP contribution in [-0.2, 0) is 0 Å². The molecular formula is C21H30N2O2S. The minimum absolute atomic E-state index is 0.237.